The van der Waals surface area contributed by atoms with Crippen LogP contribution in [0.3, 0.4) is 0 Å². The van der Waals surface area contributed by atoms with Crippen LogP contribution in [-0.2, 0) is 57.0 Å². The standard InChI is InChI=1S/C49H73NO14/c1-25(2)43-28(5)17-18-48(64-43)23-35-20-34(63-48)16-15-27(4)44(26(3)13-12-14-33-24-57-46-42(52)29(6)19-36(47(53)60-35)49(33,46)54)61-40-22-38(56-11)45(31(8)59-40)62-39-21-37(55-10)41(30(7)58-39)50-32(9)51/h12-15,17-19,25-26,28,30-31,34-46,52,54H,16,20-24H2,1-11H3,(H,50,51)/b13-12+,27-15+,33-14+. The van der Waals surface area contributed by atoms with Crippen LogP contribution in [0.1, 0.15) is 94.4 Å². The summed E-state index contributed by atoms with van der Waals surface area (Å²) >= 11 is 0. The summed E-state index contributed by atoms with van der Waals surface area (Å²) in [6.07, 6.45) is 8.46. The van der Waals surface area contributed by atoms with Crippen LogP contribution >= 0.6 is 0 Å². The van der Waals surface area contributed by atoms with E-state index in [0.717, 1.165) is 5.57 Å². The molecule has 19 unspecified atom stereocenters. The number of aliphatic hydroxyl groups excluding tert-OH is 1. The zero-order valence-electron chi connectivity index (χ0n) is 39.5. The summed E-state index contributed by atoms with van der Waals surface area (Å²) in [5, 5.41) is 26.7. The molecule has 19 atom stereocenters. The summed E-state index contributed by atoms with van der Waals surface area (Å²) in [4.78, 5) is 26.2. The smallest absolute Gasteiger partial charge is 0.316 e. The number of amides is 1. The van der Waals surface area contributed by atoms with Crippen LogP contribution in [-0.4, -0.2) is 140 Å². The van der Waals surface area contributed by atoms with Crippen molar-refractivity contribution in [2.45, 2.75) is 192 Å². The molecule has 6 heterocycles. The number of hydrogen-bond donors (Lipinski definition) is 3. The van der Waals surface area contributed by atoms with Gasteiger partial charge in [-0.15, -0.1) is 0 Å². The number of methoxy groups -OCH3 is 2. The lowest BCUT2D eigenvalue weighted by Gasteiger charge is -2.48. The van der Waals surface area contributed by atoms with Crippen molar-refractivity contribution in [3.05, 3.63) is 59.3 Å². The lowest BCUT2D eigenvalue weighted by molar-refractivity contribution is -0.311. The summed E-state index contributed by atoms with van der Waals surface area (Å²) < 4.78 is 64.2. The molecule has 2 bridgehead atoms. The molecule has 0 aromatic rings. The molecule has 1 spiro atoms. The van der Waals surface area contributed by atoms with E-state index in [1.54, 1.807) is 33.3 Å². The number of ether oxygens (including phenoxy) is 10. The van der Waals surface area contributed by atoms with Gasteiger partial charge in [0.1, 0.15) is 35.9 Å². The summed E-state index contributed by atoms with van der Waals surface area (Å²) in [5.41, 5.74) is 0.112. The monoisotopic (exact) mass is 900 g/mol. The zero-order valence-corrected chi connectivity index (χ0v) is 39.5. The molecule has 0 saturated carbocycles. The first-order valence-corrected chi connectivity index (χ1v) is 23.3. The second kappa shape index (κ2) is 20.2. The van der Waals surface area contributed by atoms with Gasteiger partial charge in [0.05, 0.1) is 55.4 Å². The van der Waals surface area contributed by atoms with E-state index in [1.165, 1.54) is 6.92 Å². The minimum Gasteiger partial charge on any atom is -0.462 e. The Morgan fingerprint density at radius 2 is 1.61 bits per heavy atom. The topological polar surface area (TPSA) is 179 Å². The molecule has 1 amide bonds. The molecule has 7 rings (SSSR count). The quantitative estimate of drug-likeness (QED) is 0.216. The van der Waals surface area contributed by atoms with Gasteiger partial charge in [-0.25, -0.2) is 0 Å². The second-order valence-electron chi connectivity index (χ2n) is 19.5. The lowest BCUT2D eigenvalue weighted by Crippen LogP contribution is -2.58. The van der Waals surface area contributed by atoms with Gasteiger partial charge in [0.15, 0.2) is 18.4 Å². The molecule has 15 nitrogen and oxygen atoms in total. The summed E-state index contributed by atoms with van der Waals surface area (Å²) in [6.45, 7) is 17.5. The predicted octanol–water partition coefficient (Wildman–Crippen LogP) is 5.13. The van der Waals surface area contributed by atoms with E-state index in [1.807, 2.05) is 39.0 Å². The molecule has 0 radical (unpaired) electrons. The van der Waals surface area contributed by atoms with Crippen molar-refractivity contribution in [2.75, 3.05) is 20.8 Å². The fraction of sp³-hybridized carbons (Fsp3) is 0.755. The van der Waals surface area contributed by atoms with Crippen LogP contribution < -0.4 is 5.32 Å². The maximum atomic E-state index is 14.3. The first-order valence-electron chi connectivity index (χ1n) is 23.3. The highest BCUT2D eigenvalue weighted by molar-refractivity contribution is 5.78. The van der Waals surface area contributed by atoms with Gasteiger partial charge in [-0.05, 0) is 62.8 Å². The van der Waals surface area contributed by atoms with Crippen LogP contribution in [0.25, 0.3) is 0 Å². The van der Waals surface area contributed by atoms with Crippen LogP contribution in [0.4, 0.5) is 0 Å². The maximum absolute atomic E-state index is 14.3. The zero-order chi connectivity index (χ0) is 46.2. The van der Waals surface area contributed by atoms with Gasteiger partial charge in [-0.2, -0.15) is 0 Å². The Morgan fingerprint density at radius 1 is 0.906 bits per heavy atom. The average molecular weight is 900 g/mol. The predicted molar refractivity (Wildman–Crippen MR) is 234 cm³/mol. The summed E-state index contributed by atoms with van der Waals surface area (Å²) in [6, 6.07) is -0.314. The number of fused-ring (bicyclic) bond motifs is 2. The molecule has 6 aliphatic heterocycles. The first kappa shape index (κ1) is 49.1. The molecule has 4 saturated heterocycles. The van der Waals surface area contributed by atoms with Crippen molar-refractivity contribution in [1.82, 2.24) is 5.32 Å². The number of rotatable bonds is 8. The fourth-order valence-corrected chi connectivity index (χ4v) is 10.9. The van der Waals surface area contributed by atoms with Crippen LogP contribution in [0, 0.1) is 23.7 Å². The number of nitrogens with one attached hydrogen (secondary N) is 1. The first-order chi connectivity index (χ1) is 30.4. The molecule has 0 aromatic carbocycles. The fourth-order valence-electron chi connectivity index (χ4n) is 10.9. The number of esters is 1. The molecular weight excluding hydrogens is 827 g/mol. The van der Waals surface area contributed by atoms with Crippen LogP contribution in [0.5, 0.6) is 0 Å². The molecule has 358 valence electrons. The number of aliphatic hydroxyl groups is 2. The summed E-state index contributed by atoms with van der Waals surface area (Å²) in [5.74, 6) is -2.81. The van der Waals surface area contributed by atoms with Crippen LogP contribution in [0.2, 0.25) is 0 Å². The SMILES string of the molecule is COC1CC(OC2C(C)OC(OC3/C(C)=C/CC4CC(CC5(C=CC(C)C(C(C)C)O5)O4)OC(=O)C4C=C(C)C(O)C5OC/C(=C\C=C\C3C)C45O)CC2OC)OC(C)C1NC(C)=O. The van der Waals surface area contributed by atoms with Gasteiger partial charge < -0.3 is 62.9 Å². The van der Waals surface area contributed by atoms with E-state index < -0.39 is 84.7 Å². The van der Waals surface area contributed by atoms with E-state index >= 15 is 0 Å². The second-order valence-corrected chi connectivity index (χ2v) is 19.5. The molecule has 0 aromatic heterocycles. The largest absolute Gasteiger partial charge is 0.462 e. The molecule has 15 heteroatoms. The normalized spacial score (nSPS) is 47.4. The molecule has 7 aliphatic rings. The van der Waals surface area contributed by atoms with E-state index in [0.29, 0.717) is 36.8 Å². The van der Waals surface area contributed by atoms with E-state index in [2.05, 4.69) is 45.2 Å². The average Bonchev–Trinajstić information content (AvgIpc) is 3.58. The molecule has 1 aliphatic carbocycles. The number of hydrogen-bond acceptors (Lipinski definition) is 14. The van der Waals surface area contributed by atoms with Crippen molar-refractivity contribution < 1.29 is 67.2 Å². The third kappa shape index (κ3) is 10.2. The van der Waals surface area contributed by atoms with Crippen molar-refractivity contribution in [2.24, 2.45) is 23.7 Å². The van der Waals surface area contributed by atoms with Gasteiger partial charge in [-0.1, -0.05) is 64.2 Å². The lowest BCUT2D eigenvalue weighted by atomic mass is 9.71. The van der Waals surface area contributed by atoms with Crippen molar-refractivity contribution >= 4 is 11.9 Å². The number of carbonyl (C=O) groups is 2. The highest BCUT2D eigenvalue weighted by Gasteiger charge is 2.60. The number of allylic oxidation sites excluding steroid dienone is 2. The Hall–Kier alpha value is -2.80. The highest BCUT2D eigenvalue weighted by atomic mass is 16.7. The Bertz CT molecular complexity index is 1830. The molecular formula is C49H73NO14. The van der Waals surface area contributed by atoms with Gasteiger partial charge >= 0.3 is 5.97 Å². The Labute approximate surface area is 378 Å². The van der Waals surface area contributed by atoms with Gasteiger partial charge in [0, 0.05) is 58.7 Å². The Kier molecular flexibility index (Phi) is 15.5. The molecule has 64 heavy (non-hydrogen) atoms. The van der Waals surface area contributed by atoms with E-state index in [4.69, 9.17) is 47.4 Å². The third-order valence-electron chi connectivity index (χ3n) is 14.4. The number of carbonyl (C=O) groups excluding carboxylic acids is 2. The van der Waals surface area contributed by atoms with Gasteiger partial charge in [0.25, 0.3) is 0 Å². The highest BCUT2D eigenvalue weighted by Crippen LogP contribution is 2.47. The minimum atomic E-state index is -1.84. The Balaban J connectivity index is 1.16. The van der Waals surface area contributed by atoms with Crippen molar-refractivity contribution in [3.8, 4) is 0 Å². The van der Waals surface area contributed by atoms with Gasteiger partial charge in [-0.3, -0.25) is 9.59 Å². The minimum absolute atomic E-state index is 0.0266. The maximum Gasteiger partial charge on any atom is 0.316 e. The molecule has 3 N–H and O–H groups in total. The molecule has 4 fully saturated rings. The third-order valence-corrected chi connectivity index (χ3v) is 14.4. The Morgan fingerprint density at radius 3 is 2.31 bits per heavy atom. The van der Waals surface area contributed by atoms with Crippen molar-refractivity contribution in [3.63, 3.8) is 0 Å². The van der Waals surface area contributed by atoms with Crippen LogP contribution in [0.15, 0.2) is 59.3 Å². The van der Waals surface area contributed by atoms with Crippen molar-refractivity contribution in [1.29, 1.82) is 0 Å². The van der Waals surface area contributed by atoms with E-state index in [-0.39, 0.29) is 61.0 Å². The van der Waals surface area contributed by atoms with Gasteiger partial charge in [0.2, 0.25) is 5.91 Å². The summed E-state index contributed by atoms with van der Waals surface area (Å²) in [7, 11) is 3.27. The van der Waals surface area contributed by atoms with E-state index in [9.17, 15) is 19.8 Å².